The molecule has 1 aromatic carbocycles. The number of benzene rings is 1. The highest BCUT2D eigenvalue weighted by molar-refractivity contribution is 5.75. The summed E-state index contributed by atoms with van der Waals surface area (Å²) in [5.41, 5.74) is 4.56. The molecule has 4 N–H and O–H groups in total. The lowest BCUT2D eigenvalue weighted by Gasteiger charge is -2.08. The van der Waals surface area contributed by atoms with Crippen LogP contribution in [0.4, 0.5) is 8.78 Å². The van der Waals surface area contributed by atoms with E-state index in [1.807, 2.05) is 0 Å². The second-order valence-electron chi connectivity index (χ2n) is 2.62. The number of nitrogens with two attached hydrogens (primary N) is 1. The first-order chi connectivity index (χ1) is 6.45. The minimum absolute atomic E-state index is 0.507. The quantitative estimate of drug-likeness (QED) is 0.662. The third kappa shape index (κ3) is 1.64. The number of phenolic OH excluding ortho intramolecular Hbond substituents is 1. The molecule has 0 saturated carbocycles. The molecule has 0 amide bonds. The Morgan fingerprint density at radius 2 is 1.93 bits per heavy atom. The van der Waals surface area contributed by atoms with Crippen molar-refractivity contribution < 1.29 is 23.8 Å². The van der Waals surface area contributed by atoms with Crippen LogP contribution in [0.3, 0.4) is 0 Å². The standard InChI is InChI=1S/C8H7F2NO3/c9-5-3(7(11)8(13)14)1-2-4(12)6(5)10/h1-2,7,12H,11H2,(H,13,14)/t7-/m0/s1. The van der Waals surface area contributed by atoms with Gasteiger partial charge in [-0.3, -0.25) is 4.79 Å². The van der Waals surface area contributed by atoms with Crippen LogP contribution in [0.5, 0.6) is 5.75 Å². The Kier molecular flexibility index (Phi) is 2.66. The summed E-state index contributed by atoms with van der Waals surface area (Å²) in [6.07, 6.45) is 0. The molecule has 1 atom stereocenters. The summed E-state index contributed by atoms with van der Waals surface area (Å²) in [6, 6.07) is 0.119. The summed E-state index contributed by atoms with van der Waals surface area (Å²) in [4.78, 5) is 10.4. The molecule has 0 heterocycles. The molecule has 1 rings (SSSR count). The van der Waals surface area contributed by atoms with Gasteiger partial charge in [0.2, 0.25) is 5.82 Å². The van der Waals surface area contributed by atoms with E-state index in [1.54, 1.807) is 0 Å². The van der Waals surface area contributed by atoms with E-state index in [9.17, 15) is 13.6 Å². The molecule has 0 aromatic heterocycles. The number of carboxylic acid groups (broad SMARTS) is 1. The Bertz CT molecular complexity index is 381. The Morgan fingerprint density at radius 3 is 2.43 bits per heavy atom. The van der Waals surface area contributed by atoms with Crippen LogP contribution in [0.2, 0.25) is 0 Å². The molecule has 0 saturated heterocycles. The average molecular weight is 203 g/mol. The maximum Gasteiger partial charge on any atom is 0.325 e. The molecule has 0 unspecified atom stereocenters. The molecule has 0 aliphatic heterocycles. The highest BCUT2D eigenvalue weighted by atomic mass is 19.2. The number of carbonyl (C=O) groups is 1. The van der Waals surface area contributed by atoms with Gasteiger partial charge in [0.15, 0.2) is 11.6 Å². The average Bonchev–Trinajstić information content (AvgIpc) is 2.13. The van der Waals surface area contributed by atoms with Crippen LogP contribution >= 0.6 is 0 Å². The maximum absolute atomic E-state index is 13.0. The van der Waals surface area contributed by atoms with Crippen LogP contribution in [0.15, 0.2) is 12.1 Å². The second kappa shape index (κ2) is 3.59. The number of rotatable bonds is 2. The largest absolute Gasteiger partial charge is 0.505 e. The zero-order valence-corrected chi connectivity index (χ0v) is 6.87. The van der Waals surface area contributed by atoms with Crippen molar-refractivity contribution in [1.82, 2.24) is 0 Å². The minimum atomic E-state index is -1.65. The number of aliphatic carboxylic acids is 1. The van der Waals surface area contributed by atoms with Gasteiger partial charge in [-0.15, -0.1) is 0 Å². The van der Waals surface area contributed by atoms with Crippen molar-refractivity contribution in [2.75, 3.05) is 0 Å². The van der Waals surface area contributed by atoms with Crippen LogP contribution in [-0.2, 0) is 4.79 Å². The smallest absolute Gasteiger partial charge is 0.325 e. The fraction of sp³-hybridized carbons (Fsp3) is 0.125. The fourth-order valence-electron chi connectivity index (χ4n) is 0.927. The molecule has 4 nitrogen and oxygen atoms in total. The van der Waals surface area contributed by atoms with Crippen LogP contribution in [0.1, 0.15) is 11.6 Å². The monoisotopic (exact) mass is 203 g/mol. The molecule has 0 radical (unpaired) electrons. The van der Waals surface area contributed by atoms with Gasteiger partial charge in [0.1, 0.15) is 6.04 Å². The number of carboxylic acids is 1. The van der Waals surface area contributed by atoms with E-state index >= 15 is 0 Å². The molecule has 6 heteroatoms. The molecule has 0 fully saturated rings. The van der Waals surface area contributed by atoms with Gasteiger partial charge in [0.05, 0.1) is 0 Å². The van der Waals surface area contributed by atoms with Crippen LogP contribution < -0.4 is 5.73 Å². The highest BCUT2D eigenvalue weighted by Gasteiger charge is 2.22. The molecule has 14 heavy (non-hydrogen) atoms. The number of hydrogen-bond acceptors (Lipinski definition) is 3. The van der Waals surface area contributed by atoms with Gasteiger partial charge in [-0.25, -0.2) is 4.39 Å². The van der Waals surface area contributed by atoms with Gasteiger partial charge in [0, 0.05) is 5.56 Å². The van der Waals surface area contributed by atoms with Crippen molar-refractivity contribution in [3.8, 4) is 5.75 Å². The number of hydrogen-bond donors (Lipinski definition) is 3. The first kappa shape index (κ1) is 10.4. The van der Waals surface area contributed by atoms with Crippen molar-refractivity contribution in [3.63, 3.8) is 0 Å². The van der Waals surface area contributed by atoms with Crippen molar-refractivity contribution >= 4 is 5.97 Å². The third-order valence-electron chi connectivity index (χ3n) is 1.69. The zero-order valence-electron chi connectivity index (χ0n) is 6.87. The predicted molar refractivity (Wildman–Crippen MR) is 42.6 cm³/mol. The summed E-state index contributed by atoms with van der Waals surface area (Å²) < 4.78 is 25.7. The van der Waals surface area contributed by atoms with Crippen molar-refractivity contribution in [1.29, 1.82) is 0 Å². The van der Waals surface area contributed by atoms with E-state index in [0.717, 1.165) is 12.1 Å². The molecular formula is C8H7F2NO3. The van der Waals surface area contributed by atoms with E-state index in [-0.39, 0.29) is 0 Å². The summed E-state index contributed by atoms with van der Waals surface area (Å²) >= 11 is 0. The van der Waals surface area contributed by atoms with Crippen molar-refractivity contribution in [3.05, 3.63) is 29.3 Å². The van der Waals surface area contributed by atoms with Crippen LogP contribution in [0, 0.1) is 11.6 Å². The molecule has 1 aromatic rings. The van der Waals surface area contributed by atoms with E-state index in [2.05, 4.69) is 0 Å². The molecule has 0 bridgehead atoms. The lowest BCUT2D eigenvalue weighted by molar-refractivity contribution is -0.138. The number of aromatic hydroxyl groups is 1. The lowest BCUT2D eigenvalue weighted by atomic mass is 10.1. The Morgan fingerprint density at radius 1 is 1.36 bits per heavy atom. The molecule has 0 spiro atoms. The van der Waals surface area contributed by atoms with E-state index in [4.69, 9.17) is 15.9 Å². The first-order valence-corrected chi connectivity index (χ1v) is 3.60. The Hall–Kier alpha value is -1.69. The molecule has 76 valence electrons. The number of halogens is 2. The minimum Gasteiger partial charge on any atom is -0.505 e. The predicted octanol–water partition coefficient (Wildman–Crippen LogP) is 0.755. The lowest BCUT2D eigenvalue weighted by Crippen LogP contribution is -2.22. The topological polar surface area (TPSA) is 83.6 Å². The van der Waals surface area contributed by atoms with Gasteiger partial charge in [-0.1, -0.05) is 6.07 Å². The first-order valence-electron chi connectivity index (χ1n) is 3.60. The summed E-state index contributed by atoms with van der Waals surface area (Å²) in [6.45, 7) is 0. The highest BCUT2D eigenvalue weighted by Crippen LogP contribution is 2.24. The van der Waals surface area contributed by atoms with Crippen LogP contribution in [0.25, 0.3) is 0 Å². The Balaban J connectivity index is 3.24. The SMILES string of the molecule is N[C@H](C(=O)O)c1ccc(O)c(F)c1F. The van der Waals surface area contributed by atoms with Gasteiger partial charge < -0.3 is 15.9 Å². The summed E-state index contributed by atoms with van der Waals surface area (Å²) in [5, 5.41) is 17.2. The van der Waals surface area contributed by atoms with E-state index in [1.165, 1.54) is 0 Å². The van der Waals surface area contributed by atoms with Gasteiger partial charge >= 0.3 is 5.97 Å². The van der Waals surface area contributed by atoms with Gasteiger partial charge in [-0.05, 0) is 6.07 Å². The zero-order chi connectivity index (χ0) is 10.9. The maximum atomic E-state index is 13.0. The number of phenols is 1. The van der Waals surface area contributed by atoms with Gasteiger partial charge in [0.25, 0.3) is 0 Å². The van der Waals surface area contributed by atoms with E-state index in [0.29, 0.717) is 0 Å². The molecular weight excluding hydrogens is 196 g/mol. The van der Waals surface area contributed by atoms with Crippen molar-refractivity contribution in [2.45, 2.75) is 6.04 Å². The Labute approximate surface area is 77.6 Å². The summed E-state index contributed by atoms with van der Waals surface area (Å²) in [7, 11) is 0. The van der Waals surface area contributed by atoms with Crippen LogP contribution in [-0.4, -0.2) is 16.2 Å². The second-order valence-corrected chi connectivity index (χ2v) is 2.62. The normalized spacial score (nSPS) is 12.5. The van der Waals surface area contributed by atoms with Gasteiger partial charge in [-0.2, -0.15) is 4.39 Å². The molecule has 0 aliphatic rings. The van der Waals surface area contributed by atoms with Crippen molar-refractivity contribution in [2.24, 2.45) is 5.73 Å². The third-order valence-corrected chi connectivity index (χ3v) is 1.69. The molecule has 0 aliphatic carbocycles. The van der Waals surface area contributed by atoms with E-state index < -0.39 is 35.0 Å². The fourth-order valence-corrected chi connectivity index (χ4v) is 0.927. The summed E-state index contributed by atoms with van der Waals surface area (Å²) in [5.74, 6) is -5.31.